The Kier molecular flexibility index (Phi) is 2.64. The van der Waals surface area contributed by atoms with Crippen molar-refractivity contribution >= 4 is 11.8 Å². The topological polar surface area (TPSA) is 50.9 Å². The van der Waals surface area contributed by atoms with Crippen LogP contribution in [0, 0.1) is 0 Å². The summed E-state index contributed by atoms with van der Waals surface area (Å²) in [5, 5.41) is 18.2. The molecular weight excluding hydrogens is 210 g/mol. The number of rotatable bonds is 2. The second-order valence-electron chi connectivity index (χ2n) is 3.12. The fourth-order valence-electron chi connectivity index (χ4n) is 1.35. The van der Waals surface area contributed by atoms with Crippen LogP contribution in [0.15, 0.2) is 29.4 Å². The molecule has 5 heteroatoms. The highest BCUT2D eigenvalue weighted by atomic mass is 32.2. The van der Waals surface area contributed by atoms with Gasteiger partial charge in [-0.15, -0.1) is 10.2 Å². The van der Waals surface area contributed by atoms with Crippen molar-refractivity contribution in [3.8, 4) is 17.1 Å². The molecule has 0 unspecified atom stereocenters. The first-order valence-electron chi connectivity index (χ1n) is 4.45. The number of thioether (sulfide) groups is 1. The van der Waals surface area contributed by atoms with Crippen LogP contribution in [0.3, 0.4) is 0 Å². The smallest absolute Gasteiger partial charge is 0.190 e. The number of aromatic hydroxyl groups is 1. The Morgan fingerprint density at radius 1 is 1.20 bits per heavy atom. The summed E-state index contributed by atoms with van der Waals surface area (Å²) in [7, 11) is 1.92. The number of nitrogens with zero attached hydrogens (tertiary/aromatic N) is 3. The average Bonchev–Trinajstić information content (AvgIpc) is 2.61. The summed E-state index contributed by atoms with van der Waals surface area (Å²) in [4.78, 5) is 0. The summed E-state index contributed by atoms with van der Waals surface area (Å²) in [5.74, 6) is 1.06. The second kappa shape index (κ2) is 3.94. The van der Waals surface area contributed by atoms with Gasteiger partial charge in [0.1, 0.15) is 5.75 Å². The first kappa shape index (κ1) is 10.0. The van der Waals surface area contributed by atoms with Gasteiger partial charge in [-0.2, -0.15) is 0 Å². The predicted octanol–water partition coefficient (Wildman–Crippen LogP) is 1.91. The van der Waals surface area contributed by atoms with Crippen molar-refractivity contribution in [2.45, 2.75) is 5.16 Å². The van der Waals surface area contributed by atoms with Crippen molar-refractivity contribution in [1.82, 2.24) is 14.8 Å². The Hall–Kier alpha value is -1.49. The normalized spacial score (nSPS) is 10.5. The van der Waals surface area contributed by atoms with E-state index >= 15 is 0 Å². The minimum Gasteiger partial charge on any atom is -0.508 e. The molecule has 0 amide bonds. The van der Waals surface area contributed by atoms with E-state index in [-0.39, 0.29) is 5.75 Å². The summed E-state index contributed by atoms with van der Waals surface area (Å²) < 4.78 is 1.93. The molecule has 1 aromatic carbocycles. The van der Waals surface area contributed by atoms with Crippen LogP contribution >= 0.6 is 11.8 Å². The Morgan fingerprint density at radius 2 is 1.87 bits per heavy atom. The lowest BCUT2D eigenvalue weighted by Gasteiger charge is -2.01. The molecule has 0 aliphatic rings. The van der Waals surface area contributed by atoms with E-state index in [2.05, 4.69) is 10.2 Å². The predicted molar refractivity (Wildman–Crippen MR) is 59.9 cm³/mol. The van der Waals surface area contributed by atoms with Gasteiger partial charge < -0.3 is 9.67 Å². The third kappa shape index (κ3) is 1.83. The van der Waals surface area contributed by atoms with E-state index in [1.54, 1.807) is 23.9 Å². The zero-order valence-corrected chi connectivity index (χ0v) is 9.32. The zero-order chi connectivity index (χ0) is 10.8. The number of phenols is 1. The Bertz CT molecular complexity index is 464. The molecule has 0 radical (unpaired) electrons. The zero-order valence-electron chi connectivity index (χ0n) is 8.51. The summed E-state index contributed by atoms with van der Waals surface area (Å²) >= 11 is 1.55. The first-order valence-corrected chi connectivity index (χ1v) is 5.67. The van der Waals surface area contributed by atoms with Crippen LogP contribution in [0.1, 0.15) is 0 Å². The minimum atomic E-state index is 0.256. The fourth-order valence-corrected chi connectivity index (χ4v) is 1.84. The molecule has 78 valence electrons. The van der Waals surface area contributed by atoms with Crippen molar-refractivity contribution in [2.24, 2.45) is 7.05 Å². The van der Waals surface area contributed by atoms with Gasteiger partial charge in [0.15, 0.2) is 11.0 Å². The second-order valence-corrected chi connectivity index (χ2v) is 3.89. The van der Waals surface area contributed by atoms with Crippen molar-refractivity contribution in [3.63, 3.8) is 0 Å². The van der Waals surface area contributed by atoms with Crippen molar-refractivity contribution in [2.75, 3.05) is 6.26 Å². The fraction of sp³-hybridized carbons (Fsp3) is 0.200. The highest BCUT2D eigenvalue weighted by Gasteiger charge is 2.09. The maximum absolute atomic E-state index is 9.18. The Labute approximate surface area is 92.0 Å². The molecule has 0 fully saturated rings. The summed E-state index contributed by atoms with van der Waals surface area (Å²) in [6, 6.07) is 6.93. The van der Waals surface area contributed by atoms with Crippen LogP contribution in [0.25, 0.3) is 11.4 Å². The number of aromatic nitrogens is 3. The quantitative estimate of drug-likeness (QED) is 0.787. The third-order valence-corrected chi connectivity index (χ3v) is 2.86. The highest BCUT2D eigenvalue weighted by Crippen LogP contribution is 2.22. The van der Waals surface area contributed by atoms with Gasteiger partial charge in [-0.05, 0) is 30.5 Å². The van der Waals surface area contributed by atoms with Crippen LogP contribution in [0.5, 0.6) is 5.75 Å². The molecule has 2 aromatic rings. The monoisotopic (exact) mass is 221 g/mol. The Balaban J connectivity index is 2.45. The Morgan fingerprint density at radius 3 is 2.40 bits per heavy atom. The molecule has 0 aliphatic heterocycles. The van der Waals surface area contributed by atoms with Crippen molar-refractivity contribution in [3.05, 3.63) is 24.3 Å². The molecule has 2 rings (SSSR count). The van der Waals surface area contributed by atoms with E-state index < -0.39 is 0 Å². The molecule has 0 saturated heterocycles. The van der Waals surface area contributed by atoms with Gasteiger partial charge in [0, 0.05) is 12.6 Å². The molecule has 1 aromatic heterocycles. The van der Waals surface area contributed by atoms with Crippen molar-refractivity contribution in [1.29, 1.82) is 0 Å². The van der Waals surface area contributed by atoms with E-state index in [1.807, 2.05) is 30.0 Å². The van der Waals surface area contributed by atoms with Crippen LogP contribution in [-0.4, -0.2) is 26.1 Å². The van der Waals surface area contributed by atoms with Crippen LogP contribution < -0.4 is 0 Å². The standard InChI is InChI=1S/C10H11N3OS/c1-13-9(11-12-10(13)15-2)7-3-5-8(14)6-4-7/h3-6,14H,1-2H3. The van der Waals surface area contributed by atoms with Gasteiger partial charge in [0.25, 0.3) is 0 Å². The number of hydrogen-bond donors (Lipinski definition) is 1. The van der Waals surface area contributed by atoms with Crippen LogP contribution in [0.2, 0.25) is 0 Å². The SMILES string of the molecule is CSc1nnc(-c2ccc(O)cc2)n1C. The lowest BCUT2D eigenvalue weighted by molar-refractivity contribution is 0.475. The lowest BCUT2D eigenvalue weighted by Crippen LogP contribution is -1.93. The van der Waals surface area contributed by atoms with E-state index in [1.165, 1.54) is 0 Å². The summed E-state index contributed by atoms with van der Waals surface area (Å²) in [6.07, 6.45) is 1.96. The molecule has 15 heavy (non-hydrogen) atoms. The molecule has 0 aliphatic carbocycles. The molecule has 4 nitrogen and oxygen atoms in total. The minimum absolute atomic E-state index is 0.256. The van der Waals surface area contributed by atoms with Crippen LogP contribution in [-0.2, 0) is 7.05 Å². The van der Waals surface area contributed by atoms with Gasteiger partial charge in [-0.3, -0.25) is 0 Å². The molecule has 0 atom stereocenters. The van der Waals surface area contributed by atoms with Gasteiger partial charge in [0.2, 0.25) is 0 Å². The lowest BCUT2D eigenvalue weighted by atomic mass is 10.2. The number of hydrogen-bond acceptors (Lipinski definition) is 4. The summed E-state index contributed by atoms with van der Waals surface area (Å²) in [6.45, 7) is 0. The molecule has 1 N–H and O–H groups in total. The van der Waals surface area contributed by atoms with Crippen molar-refractivity contribution < 1.29 is 5.11 Å². The maximum atomic E-state index is 9.18. The first-order chi connectivity index (χ1) is 7.22. The van der Waals surface area contributed by atoms with E-state index in [0.29, 0.717) is 0 Å². The number of benzene rings is 1. The van der Waals surface area contributed by atoms with Gasteiger partial charge in [0.05, 0.1) is 0 Å². The number of phenolic OH excluding ortho intramolecular Hbond substituents is 1. The van der Waals surface area contributed by atoms with E-state index in [4.69, 9.17) is 0 Å². The molecule has 0 saturated carbocycles. The van der Waals surface area contributed by atoms with Crippen LogP contribution in [0.4, 0.5) is 0 Å². The average molecular weight is 221 g/mol. The van der Waals surface area contributed by atoms with Gasteiger partial charge in [-0.25, -0.2) is 0 Å². The van der Waals surface area contributed by atoms with Gasteiger partial charge in [-0.1, -0.05) is 11.8 Å². The molecular formula is C10H11N3OS. The van der Waals surface area contributed by atoms with E-state index in [9.17, 15) is 5.11 Å². The van der Waals surface area contributed by atoms with E-state index in [0.717, 1.165) is 16.5 Å². The molecule has 0 spiro atoms. The maximum Gasteiger partial charge on any atom is 0.190 e. The molecule has 1 heterocycles. The largest absolute Gasteiger partial charge is 0.508 e. The van der Waals surface area contributed by atoms with Gasteiger partial charge >= 0.3 is 0 Å². The highest BCUT2D eigenvalue weighted by molar-refractivity contribution is 7.98. The third-order valence-electron chi connectivity index (χ3n) is 2.14. The molecule has 0 bridgehead atoms. The summed E-state index contributed by atoms with van der Waals surface area (Å²) in [5.41, 5.74) is 0.947.